The van der Waals surface area contributed by atoms with Gasteiger partial charge in [0.25, 0.3) is 0 Å². The first-order valence-electron chi connectivity index (χ1n) is 8.94. The molecule has 5 heteroatoms. The molecule has 0 atom stereocenters. The second-order valence-corrected chi connectivity index (χ2v) is 6.63. The number of carbonyl (C=O) groups is 2. The van der Waals surface area contributed by atoms with E-state index in [1.165, 1.54) is 32.1 Å². The van der Waals surface area contributed by atoms with Crippen molar-refractivity contribution in [3.63, 3.8) is 0 Å². The van der Waals surface area contributed by atoms with Gasteiger partial charge in [-0.2, -0.15) is 0 Å². The molecule has 132 valence electrons. The van der Waals surface area contributed by atoms with Crippen molar-refractivity contribution in [3.8, 4) is 0 Å². The lowest BCUT2D eigenvalue weighted by atomic mass is 9.87. The highest BCUT2D eigenvalue weighted by molar-refractivity contribution is 5.76. The number of nitrogens with one attached hydrogen (secondary N) is 2. The van der Waals surface area contributed by atoms with Crippen molar-refractivity contribution in [3.05, 3.63) is 35.9 Å². The molecular weight excluding hydrogens is 302 g/mol. The fourth-order valence-corrected chi connectivity index (χ4v) is 3.16. The molecule has 0 bridgehead atoms. The number of urea groups is 1. The molecule has 1 saturated carbocycles. The van der Waals surface area contributed by atoms with E-state index in [0.29, 0.717) is 32.0 Å². The highest BCUT2D eigenvalue weighted by Crippen LogP contribution is 2.25. The van der Waals surface area contributed by atoms with Crippen LogP contribution in [0.4, 0.5) is 4.79 Å². The zero-order chi connectivity index (χ0) is 17.2. The average Bonchev–Trinajstić information content (AvgIpc) is 2.60. The molecule has 1 aliphatic carbocycles. The largest absolute Gasteiger partial charge is 0.354 e. The van der Waals surface area contributed by atoms with E-state index in [-0.39, 0.29) is 11.9 Å². The van der Waals surface area contributed by atoms with Crippen LogP contribution in [0, 0.1) is 5.92 Å². The smallest absolute Gasteiger partial charge is 0.317 e. The molecule has 0 aromatic heterocycles. The fraction of sp³-hybridized carbons (Fsp3) is 0.579. The van der Waals surface area contributed by atoms with Crippen molar-refractivity contribution in [1.29, 1.82) is 0 Å². The van der Waals surface area contributed by atoms with Gasteiger partial charge in [0.2, 0.25) is 5.91 Å². The molecule has 0 aliphatic heterocycles. The van der Waals surface area contributed by atoms with Crippen LogP contribution in [0.1, 0.15) is 44.1 Å². The molecule has 0 heterocycles. The summed E-state index contributed by atoms with van der Waals surface area (Å²) in [6, 6.07) is 9.75. The Balaban J connectivity index is 1.57. The summed E-state index contributed by atoms with van der Waals surface area (Å²) >= 11 is 0. The normalized spacial score (nSPS) is 14.9. The summed E-state index contributed by atoms with van der Waals surface area (Å²) in [4.78, 5) is 25.5. The van der Waals surface area contributed by atoms with E-state index in [1.807, 2.05) is 30.3 Å². The number of hydrogen-bond acceptors (Lipinski definition) is 2. The van der Waals surface area contributed by atoms with Crippen LogP contribution in [0.3, 0.4) is 0 Å². The third-order valence-corrected chi connectivity index (χ3v) is 4.53. The van der Waals surface area contributed by atoms with E-state index >= 15 is 0 Å². The minimum atomic E-state index is -0.125. The molecule has 0 saturated heterocycles. The Morgan fingerprint density at radius 1 is 1.04 bits per heavy atom. The van der Waals surface area contributed by atoms with Gasteiger partial charge in [0, 0.05) is 33.1 Å². The van der Waals surface area contributed by atoms with E-state index in [9.17, 15) is 9.59 Å². The molecule has 1 fully saturated rings. The zero-order valence-corrected chi connectivity index (χ0v) is 14.6. The monoisotopic (exact) mass is 331 g/mol. The summed E-state index contributed by atoms with van der Waals surface area (Å²) < 4.78 is 0. The van der Waals surface area contributed by atoms with Crippen LogP contribution in [0.25, 0.3) is 0 Å². The van der Waals surface area contributed by atoms with Gasteiger partial charge >= 0.3 is 6.03 Å². The Morgan fingerprint density at radius 3 is 2.42 bits per heavy atom. The molecule has 0 unspecified atom stereocenters. The Morgan fingerprint density at radius 2 is 1.71 bits per heavy atom. The van der Waals surface area contributed by atoms with Crippen molar-refractivity contribution < 1.29 is 9.59 Å². The third-order valence-electron chi connectivity index (χ3n) is 4.53. The Kier molecular flexibility index (Phi) is 7.59. The zero-order valence-electron chi connectivity index (χ0n) is 14.6. The molecule has 3 amide bonds. The van der Waals surface area contributed by atoms with Gasteiger partial charge in [-0.05, 0) is 24.3 Å². The summed E-state index contributed by atoms with van der Waals surface area (Å²) in [7, 11) is 1.77. The molecule has 1 aromatic rings. The van der Waals surface area contributed by atoms with Gasteiger partial charge in [-0.3, -0.25) is 4.79 Å². The first kappa shape index (κ1) is 18.3. The minimum absolute atomic E-state index is 0.105. The Labute approximate surface area is 144 Å². The van der Waals surface area contributed by atoms with Crippen LogP contribution >= 0.6 is 0 Å². The molecule has 0 radical (unpaired) electrons. The third kappa shape index (κ3) is 6.60. The quantitative estimate of drug-likeness (QED) is 0.755. The number of amides is 3. The van der Waals surface area contributed by atoms with Crippen molar-refractivity contribution in [2.75, 3.05) is 20.1 Å². The predicted molar refractivity (Wildman–Crippen MR) is 95.5 cm³/mol. The molecule has 2 N–H and O–H groups in total. The number of carbonyl (C=O) groups excluding carboxylic acids is 2. The van der Waals surface area contributed by atoms with E-state index in [2.05, 4.69) is 10.6 Å². The lowest BCUT2D eigenvalue weighted by Gasteiger charge is -2.21. The maximum atomic E-state index is 12.0. The van der Waals surface area contributed by atoms with Gasteiger partial charge in [-0.25, -0.2) is 4.79 Å². The van der Waals surface area contributed by atoms with Crippen molar-refractivity contribution in [2.45, 2.75) is 45.1 Å². The van der Waals surface area contributed by atoms with Gasteiger partial charge in [0.15, 0.2) is 0 Å². The van der Waals surface area contributed by atoms with Gasteiger partial charge in [0.05, 0.1) is 0 Å². The number of rotatable bonds is 7. The van der Waals surface area contributed by atoms with Gasteiger partial charge < -0.3 is 15.5 Å². The van der Waals surface area contributed by atoms with E-state index in [1.54, 1.807) is 11.9 Å². The number of hydrogen-bond donors (Lipinski definition) is 2. The summed E-state index contributed by atoms with van der Waals surface area (Å²) in [5.41, 5.74) is 1.09. The second kappa shape index (κ2) is 9.96. The minimum Gasteiger partial charge on any atom is -0.354 e. The second-order valence-electron chi connectivity index (χ2n) is 6.63. The first-order chi connectivity index (χ1) is 11.6. The van der Waals surface area contributed by atoms with Crippen LogP contribution < -0.4 is 10.6 Å². The predicted octanol–water partition coefficient (Wildman–Crippen LogP) is 2.91. The SMILES string of the molecule is CN(Cc1ccccc1)C(=O)NCCNC(=O)CC1CCCCC1. The number of nitrogens with zero attached hydrogens (tertiary/aromatic N) is 1. The standard InChI is InChI=1S/C19H29N3O2/c1-22(15-17-10-6-3-7-11-17)19(24)21-13-12-20-18(23)14-16-8-4-2-5-9-16/h3,6-7,10-11,16H,2,4-5,8-9,12-15H2,1H3,(H,20,23)(H,21,24). The van der Waals surface area contributed by atoms with Crippen molar-refractivity contribution in [1.82, 2.24) is 15.5 Å². The Hall–Kier alpha value is -2.04. The summed E-state index contributed by atoms with van der Waals surface area (Å²) in [6.07, 6.45) is 6.79. The molecule has 1 aliphatic rings. The van der Waals surface area contributed by atoms with Gasteiger partial charge in [-0.15, -0.1) is 0 Å². The van der Waals surface area contributed by atoms with E-state index in [0.717, 1.165) is 5.56 Å². The maximum absolute atomic E-state index is 12.0. The molecule has 24 heavy (non-hydrogen) atoms. The summed E-state index contributed by atoms with van der Waals surface area (Å²) in [5.74, 6) is 0.652. The lowest BCUT2D eigenvalue weighted by molar-refractivity contribution is -0.122. The van der Waals surface area contributed by atoms with E-state index in [4.69, 9.17) is 0 Å². The highest BCUT2D eigenvalue weighted by Gasteiger charge is 2.16. The lowest BCUT2D eigenvalue weighted by Crippen LogP contribution is -2.41. The van der Waals surface area contributed by atoms with Crippen LogP contribution in [-0.4, -0.2) is 37.0 Å². The average molecular weight is 331 g/mol. The van der Waals surface area contributed by atoms with Crippen LogP contribution in [-0.2, 0) is 11.3 Å². The van der Waals surface area contributed by atoms with Crippen LogP contribution in [0.15, 0.2) is 30.3 Å². The number of benzene rings is 1. The highest BCUT2D eigenvalue weighted by atomic mass is 16.2. The van der Waals surface area contributed by atoms with Gasteiger partial charge in [-0.1, -0.05) is 49.6 Å². The summed E-state index contributed by atoms with van der Waals surface area (Å²) in [6.45, 7) is 1.51. The van der Waals surface area contributed by atoms with E-state index < -0.39 is 0 Å². The maximum Gasteiger partial charge on any atom is 0.317 e. The molecule has 2 rings (SSSR count). The molecule has 1 aromatic carbocycles. The van der Waals surface area contributed by atoms with Crippen LogP contribution in [0.2, 0.25) is 0 Å². The molecule has 5 nitrogen and oxygen atoms in total. The molecule has 0 spiro atoms. The molecular formula is C19H29N3O2. The van der Waals surface area contributed by atoms with Crippen molar-refractivity contribution in [2.24, 2.45) is 5.92 Å². The fourth-order valence-electron chi connectivity index (χ4n) is 3.16. The van der Waals surface area contributed by atoms with Gasteiger partial charge in [0.1, 0.15) is 0 Å². The van der Waals surface area contributed by atoms with Crippen molar-refractivity contribution >= 4 is 11.9 Å². The first-order valence-corrected chi connectivity index (χ1v) is 8.94. The topological polar surface area (TPSA) is 61.4 Å². The summed E-state index contributed by atoms with van der Waals surface area (Å²) in [5, 5.41) is 5.74. The Bertz CT molecular complexity index is 513. The van der Waals surface area contributed by atoms with Crippen LogP contribution in [0.5, 0.6) is 0 Å².